The van der Waals surface area contributed by atoms with Crippen LogP contribution in [-0.4, -0.2) is 44.4 Å². The molecule has 0 aliphatic carbocycles. The standard InChI is InChI=1S/C17H23FN4O2/c1-12(21(5)16(23)24-17(2,3)4)11-22-9-8-15(20-22)14-7-6-13(18)10-19-14/h6-10,12H,11H2,1-5H3/t12-/m0/s1. The molecule has 2 rings (SSSR count). The normalized spacial score (nSPS) is 12.8. The van der Waals surface area contributed by atoms with E-state index in [0.717, 1.165) is 6.20 Å². The third kappa shape index (κ3) is 4.78. The van der Waals surface area contributed by atoms with Crippen LogP contribution in [0.1, 0.15) is 27.7 Å². The first kappa shape index (κ1) is 17.9. The Kier molecular flexibility index (Phi) is 5.21. The highest BCUT2D eigenvalue weighted by Gasteiger charge is 2.23. The lowest BCUT2D eigenvalue weighted by Crippen LogP contribution is -2.41. The van der Waals surface area contributed by atoms with Crippen LogP contribution in [0.5, 0.6) is 0 Å². The van der Waals surface area contributed by atoms with Crippen molar-refractivity contribution < 1.29 is 13.9 Å². The maximum absolute atomic E-state index is 12.9. The zero-order valence-electron chi connectivity index (χ0n) is 14.7. The van der Waals surface area contributed by atoms with Gasteiger partial charge in [-0.25, -0.2) is 9.18 Å². The molecule has 24 heavy (non-hydrogen) atoms. The largest absolute Gasteiger partial charge is 0.444 e. The molecule has 6 nitrogen and oxygen atoms in total. The first-order chi connectivity index (χ1) is 11.2. The highest BCUT2D eigenvalue weighted by molar-refractivity contribution is 5.68. The minimum Gasteiger partial charge on any atom is -0.444 e. The fraction of sp³-hybridized carbons (Fsp3) is 0.471. The van der Waals surface area contributed by atoms with Gasteiger partial charge in [0.25, 0.3) is 0 Å². The van der Waals surface area contributed by atoms with Crippen molar-refractivity contribution in [2.45, 2.75) is 45.9 Å². The number of aromatic nitrogens is 3. The van der Waals surface area contributed by atoms with Gasteiger partial charge in [0.05, 0.1) is 24.5 Å². The molecule has 0 spiro atoms. The molecule has 0 saturated heterocycles. The van der Waals surface area contributed by atoms with Gasteiger partial charge in [0.2, 0.25) is 0 Å². The second-order valence-corrected chi connectivity index (χ2v) is 6.72. The van der Waals surface area contributed by atoms with Crippen LogP contribution >= 0.6 is 0 Å². The van der Waals surface area contributed by atoms with Gasteiger partial charge in [-0.15, -0.1) is 0 Å². The van der Waals surface area contributed by atoms with Crippen molar-refractivity contribution in [2.75, 3.05) is 7.05 Å². The van der Waals surface area contributed by atoms with E-state index in [1.807, 2.05) is 27.7 Å². The molecule has 0 aromatic carbocycles. The summed E-state index contributed by atoms with van der Waals surface area (Å²) in [5.41, 5.74) is 0.725. The van der Waals surface area contributed by atoms with Gasteiger partial charge < -0.3 is 9.64 Å². The minimum absolute atomic E-state index is 0.103. The number of amides is 1. The van der Waals surface area contributed by atoms with Crippen LogP contribution in [0.15, 0.2) is 30.6 Å². The van der Waals surface area contributed by atoms with Crippen LogP contribution in [0.25, 0.3) is 11.4 Å². The minimum atomic E-state index is -0.530. The molecule has 0 bridgehead atoms. The number of hydrogen-bond acceptors (Lipinski definition) is 4. The van der Waals surface area contributed by atoms with E-state index in [4.69, 9.17) is 4.74 Å². The molecule has 0 aliphatic rings. The fourth-order valence-corrected chi connectivity index (χ4v) is 2.03. The lowest BCUT2D eigenvalue weighted by atomic mass is 10.2. The molecule has 0 radical (unpaired) electrons. The topological polar surface area (TPSA) is 60.2 Å². The predicted molar refractivity (Wildman–Crippen MR) is 88.9 cm³/mol. The highest BCUT2D eigenvalue weighted by Crippen LogP contribution is 2.15. The van der Waals surface area contributed by atoms with Crippen LogP contribution in [0.3, 0.4) is 0 Å². The van der Waals surface area contributed by atoms with E-state index in [0.29, 0.717) is 17.9 Å². The number of likely N-dealkylation sites (N-methyl/N-ethyl adjacent to an activating group) is 1. The molecule has 2 heterocycles. The van der Waals surface area contributed by atoms with Gasteiger partial charge in [-0.2, -0.15) is 5.10 Å². The molecule has 7 heteroatoms. The van der Waals surface area contributed by atoms with E-state index < -0.39 is 5.60 Å². The van der Waals surface area contributed by atoms with Crippen molar-refractivity contribution in [1.82, 2.24) is 19.7 Å². The Morgan fingerprint density at radius 3 is 2.62 bits per heavy atom. The molecule has 1 amide bonds. The average Bonchev–Trinajstić information content (AvgIpc) is 2.93. The zero-order valence-corrected chi connectivity index (χ0v) is 14.7. The van der Waals surface area contributed by atoms with Gasteiger partial charge in [0.15, 0.2) is 0 Å². The van der Waals surface area contributed by atoms with Crippen molar-refractivity contribution in [1.29, 1.82) is 0 Å². The van der Waals surface area contributed by atoms with Gasteiger partial charge in [-0.05, 0) is 45.9 Å². The number of rotatable bonds is 4. The summed E-state index contributed by atoms with van der Waals surface area (Å²) in [5, 5.41) is 4.42. The van der Waals surface area contributed by atoms with Crippen molar-refractivity contribution >= 4 is 6.09 Å². The lowest BCUT2D eigenvalue weighted by Gasteiger charge is -2.28. The fourth-order valence-electron chi connectivity index (χ4n) is 2.03. The summed E-state index contributed by atoms with van der Waals surface area (Å²) in [4.78, 5) is 17.6. The number of hydrogen-bond donors (Lipinski definition) is 0. The average molecular weight is 334 g/mol. The molecule has 1 atom stereocenters. The SMILES string of the molecule is C[C@@H](Cn1ccc(-c2ccc(F)cn2)n1)N(C)C(=O)OC(C)(C)C. The molecule has 2 aromatic heterocycles. The van der Waals surface area contributed by atoms with Crippen LogP contribution in [0.4, 0.5) is 9.18 Å². The summed E-state index contributed by atoms with van der Waals surface area (Å²) in [6.07, 6.45) is 2.59. The van der Waals surface area contributed by atoms with E-state index in [-0.39, 0.29) is 18.0 Å². The van der Waals surface area contributed by atoms with Gasteiger partial charge in [-0.3, -0.25) is 9.67 Å². The molecular weight excluding hydrogens is 311 g/mol. The van der Waals surface area contributed by atoms with Gasteiger partial charge in [0.1, 0.15) is 17.1 Å². The van der Waals surface area contributed by atoms with Crippen LogP contribution in [-0.2, 0) is 11.3 Å². The van der Waals surface area contributed by atoms with Crippen LogP contribution in [0.2, 0.25) is 0 Å². The van der Waals surface area contributed by atoms with Crippen molar-refractivity contribution in [3.63, 3.8) is 0 Å². The molecule has 0 fully saturated rings. The summed E-state index contributed by atoms with van der Waals surface area (Å²) in [7, 11) is 1.70. The summed E-state index contributed by atoms with van der Waals surface area (Å²) < 4.78 is 20.0. The Morgan fingerprint density at radius 2 is 2.04 bits per heavy atom. The van der Waals surface area contributed by atoms with Gasteiger partial charge >= 0.3 is 6.09 Å². The lowest BCUT2D eigenvalue weighted by molar-refractivity contribution is 0.0220. The Bertz CT molecular complexity index is 691. The van der Waals surface area contributed by atoms with Crippen LogP contribution in [0, 0.1) is 5.82 Å². The van der Waals surface area contributed by atoms with Gasteiger partial charge in [-0.1, -0.05) is 0 Å². The van der Waals surface area contributed by atoms with E-state index in [1.54, 1.807) is 35.0 Å². The number of ether oxygens (including phenoxy) is 1. The van der Waals surface area contributed by atoms with Crippen molar-refractivity contribution in [2.24, 2.45) is 0 Å². The Labute approximate surface area is 141 Å². The smallest absolute Gasteiger partial charge is 0.410 e. The first-order valence-corrected chi connectivity index (χ1v) is 7.77. The summed E-state index contributed by atoms with van der Waals surface area (Å²) >= 11 is 0. The second-order valence-electron chi connectivity index (χ2n) is 6.72. The third-order valence-corrected chi connectivity index (χ3v) is 3.42. The molecule has 0 aliphatic heterocycles. The number of carbonyl (C=O) groups excluding carboxylic acids is 1. The molecule has 0 unspecified atom stereocenters. The number of pyridine rings is 1. The van der Waals surface area contributed by atoms with Crippen molar-refractivity contribution in [3.05, 3.63) is 36.4 Å². The van der Waals surface area contributed by atoms with E-state index in [9.17, 15) is 9.18 Å². The quantitative estimate of drug-likeness (QED) is 0.860. The predicted octanol–water partition coefficient (Wildman–Crippen LogP) is 3.34. The zero-order chi connectivity index (χ0) is 17.9. The number of nitrogens with zero attached hydrogens (tertiary/aromatic N) is 4. The first-order valence-electron chi connectivity index (χ1n) is 7.77. The molecule has 130 valence electrons. The van der Waals surface area contributed by atoms with E-state index in [1.165, 1.54) is 6.07 Å². The van der Waals surface area contributed by atoms with E-state index >= 15 is 0 Å². The highest BCUT2D eigenvalue weighted by atomic mass is 19.1. The molecule has 2 aromatic rings. The summed E-state index contributed by atoms with van der Waals surface area (Å²) in [6, 6.07) is 4.63. The Hall–Kier alpha value is -2.44. The molecule has 0 saturated carbocycles. The monoisotopic (exact) mass is 334 g/mol. The Balaban J connectivity index is 2.01. The maximum Gasteiger partial charge on any atom is 0.410 e. The summed E-state index contributed by atoms with van der Waals surface area (Å²) in [6.45, 7) is 7.93. The molecule has 0 N–H and O–H groups in total. The number of carbonyl (C=O) groups is 1. The third-order valence-electron chi connectivity index (χ3n) is 3.42. The number of halogens is 1. The van der Waals surface area contributed by atoms with Crippen molar-refractivity contribution in [3.8, 4) is 11.4 Å². The maximum atomic E-state index is 12.9. The second kappa shape index (κ2) is 6.98. The Morgan fingerprint density at radius 1 is 1.33 bits per heavy atom. The van der Waals surface area contributed by atoms with Crippen LogP contribution < -0.4 is 0 Å². The molecular formula is C17H23FN4O2. The summed E-state index contributed by atoms with van der Waals surface area (Å²) in [5.74, 6) is -0.384. The van der Waals surface area contributed by atoms with Gasteiger partial charge in [0, 0.05) is 13.2 Å². The van der Waals surface area contributed by atoms with E-state index in [2.05, 4.69) is 10.1 Å².